The van der Waals surface area contributed by atoms with Gasteiger partial charge in [0.05, 0.1) is 0 Å². The smallest absolute Gasteiger partial charge is 0.319 e. The topological polar surface area (TPSA) is 41.1 Å². The molecule has 0 aliphatic carbocycles. The molecule has 0 spiro atoms. The van der Waals surface area contributed by atoms with Crippen LogP contribution >= 0.6 is 0 Å². The lowest BCUT2D eigenvalue weighted by Crippen LogP contribution is -2.28. The zero-order chi connectivity index (χ0) is 13.3. The lowest BCUT2D eigenvalue weighted by molar-refractivity contribution is 0.253. The van der Waals surface area contributed by atoms with Crippen LogP contribution in [0.5, 0.6) is 0 Å². The molecule has 96 valence electrons. The van der Waals surface area contributed by atoms with Gasteiger partial charge in [0.15, 0.2) is 0 Å². The van der Waals surface area contributed by atoms with Gasteiger partial charge in [-0.3, -0.25) is 0 Å². The molecule has 0 aliphatic heterocycles. The maximum Gasteiger partial charge on any atom is 0.319 e. The third-order valence-electron chi connectivity index (χ3n) is 2.52. The molecule has 2 rings (SSSR count). The van der Waals surface area contributed by atoms with Crippen LogP contribution in [0.4, 0.5) is 10.5 Å². The first-order chi connectivity index (χ1) is 9.34. The van der Waals surface area contributed by atoms with Crippen molar-refractivity contribution in [2.24, 2.45) is 0 Å². The number of nitrogens with one attached hydrogen (secondary N) is 2. The molecule has 19 heavy (non-hydrogen) atoms. The van der Waals surface area contributed by atoms with E-state index in [4.69, 9.17) is 0 Å². The third-order valence-corrected chi connectivity index (χ3v) is 2.52. The molecule has 2 N–H and O–H groups in total. The fourth-order valence-electron chi connectivity index (χ4n) is 1.61. The minimum absolute atomic E-state index is 0.205. The summed E-state index contributed by atoms with van der Waals surface area (Å²) in [7, 11) is 0. The molecule has 0 fully saturated rings. The number of anilines is 1. The van der Waals surface area contributed by atoms with Gasteiger partial charge in [0, 0.05) is 12.2 Å². The van der Waals surface area contributed by atoms with E-state index >= 15 is 0 Å². The first kappa shape index (κ1) is 12.9. The van der Waals surface area contributed by atoms with E-state index in [9.17, 15) is 4.79 Å². The van der Waals surface area contributed by atoms with Gasteiger partial charge < -0.3 is 10.6 Å². The minimum Gasteiger partial charge on any atom is -0.334 e. The van der Waals surface area contributed by atoms with Crippen molar-refractivity contribution in [3.05, 3.63) is 72.3 Å². The van der Waals surface area contributed by atoms with Crippen LogP contribution in [0.25, 0.3) is 6.08 Å². The van der Waals surface area contributed by atoms with Crippen LogP contribution in [0, 0.1) is 0 Å². The number of carbonyl (C=O) groups is 1. The SMILES string of the molecule is O=C(NCC=Cc1ccccc1)Nc1ccccc1. The second-order valence-corrected chi connectivity index (χ2v) is 4.01. The summed E-state index contributed by atoms with van der Waals surface area (Å²) in [5.74, 6) is 0. The maximum atomic E-state index is 11.6. The molecule has 0 bridgehead atoms. The number of benzene rings is 2. The fraction of sp³-hybridized carbons (Fsp3) is 0.0625. The highest BCUT2D eigenvalue weighted by Crippen LogP contribution is 2.04. The van der Waals surface area contributed by atoms with E-state index in [1.807, 2.05) is 72.8 Å². The number of hydrogen-bond acceptors (Lipinski definition) is 1. The lowest BCUT2D eigenvalue weighted by atomic mass is 10.2. The Kier molecular flexibility index (Phi) is 4.76. The van der Waals surface area contributed by atoms with Gasteiger partial charge in [-0.15, -0.1) is 0 Å². The predicted octanol–water partition coefficient (Wildman–Crippen LogP) is 3.52. The van der Waals surface area contributed by atoms with Crippen molar-refractivity contribution < 1.29 is 4.79 Å². The van der Waals surface area contributed by atoms with Crippen molar-refractivity contribution in [3.63, 3.8) is 0 Å². The Hall–Kier alpha value is -2.55. The van der Waals surface area contributed by atoms with Crippen molar-refractivity contribution in [2.75, 3.05) is 11.9 Å². The number of para-hydroxylation sites is 1. The number of rotatable bonds is 4. The molecular weight excluding hydrogens is 236 g/mol. The van der Waals surface area contributed by atoms with Crippen molar-refractivity contribution in [1.82, 2.24) is 5.32 Å². The molecule has 0 heterocycles. The van der Waals surface area contributed by atoms with Gasteiger partial charge in [-0.2, -0.15) is 0 Å². The summed E-state index contributed by atoms with van der Waals surface area (Å²) in [5, 5.41) is 5.52. The maximum absolute atomic E-state index is 11.6. The van der Waals surface area contributed by atoms with E-state index in [0.717, 1.165) is 11.3 Å². The monoisotopic (exact) mass is 252 g/mol. The van der Waals surface area contributed by atoms with E-state index in [1.165, 1.54) is 0 Å². The molecule has 2 aromatic rings. The Morgan fingerprint density at radius 3 is 2.26 bits per heavy atom. The van der Waals surface area contributed by atoms with Crippen LogP contribution in [0.15, 0.2) is 66.7 Å². The quantitative estimate of drug-likeness (QED) is 0.858. The summed E-state index contributed by atoms with van der Waals surface area (Å²) >= 11 is 0. The third kappa shape index (κ3) is 4.68. The first-order valence-corrected chi connectivity index (χ1v) is 6.16. The average Bonchev–Trinajstić information content (AvgIpc) is 2.46. The zero-order valence-corrected chi connectivity index (χ0v) is 10.5. The van der Waals surface area contributed by atoms with Gasteiger partial charge in [-0.1, -0.05) is 60.7 Å². The zero-order valence-electron chi connectivity index (χ0n) is 10.5. The molecule has 0 saturated heterocycles. The molecule has 2 aromatic carbocycles. The Labute approximate surface area is 113 Å². The number of hydrogen-bond donors (Lipinski definition) is 2. The minimum atomic E-state index is -0.205. The lowest BCUT2D eigenvalue weighted by Gasteiger charge is -2.05. The van der Waals surface area contributed by atoms with Crippen LogP contribution in [0.3, 0.4) is 0 Å². The fourth-order valence-corrected chi connectivity index (χ4v) is 1.61. The second-order valence-electron chi connectivity index (χ2n) is 4.01. The molecular formula is C16H16N2O. The van der Waals surface area contributed by atoms with Gasteiger partial charge in [-0.25, -0.2) is 4.79 Å². The van der Waals surface area contributed by atoms with Crippen molar-refractivity contribution >= 4 is 17.8 Å². The molecule has 0 aliphatic rings. The van der Waals surface area contributed by atoms with Crippen LogP contribution in [0.2, 0.25) is 0 Å². The van der Waals surface area contributed by atoms with Crippen molar-refractivity contribution in [1.29, 1.82) is 0 Å². The highest BCUT2D eigenvalue weighted by atomic mass is 16.2. The Morgan fingerprint density at radius 2 is 1.58 bits per heavy atom. The Morgan fingerprint density at radius 1 is 0.947 bits per heavy atom. The van der Waals surface area contributed by atoms with Crippen LogP contribution in [-0.2, 0) is 0 Å². The second kappa shape index (κ2) is 7.01. The summed E-state index contributed by atoms with van der Waals surface area (Å²) in [5.41, 5.74) is 1.90. The highest BCUT2D eigenvalue weighted by molar-refractivity contribution is 5.89. The van der Waals surface area contributed by atoms with Crippen LogP contribution in [-0.4, -0.2) is 12.6 Å². The summed E-state index contributed by atoms with van der Waals surface area (Å²) in [6, 6.07) is 19.1. The van der Waals surface area contributed by atoms with E-state index in [0.29, 0.717) is 6.54 Å². The van der Waals surface area contributed by atoms with Gasteiger partial charge in [0.1, 0.15) is 0 Å². The van der Waals surface area contributed by atoms with E-state index in [2.05, 4.69) is 10.6 Å². The highest BCUT2D eigenvalue weighted by Gasteiger charge is 1.97. The molecule has 0 aromatic heterocycles. The van der Waals surface area contributed by atoms with Crippen molar-refractivity contribution in [3.8, 4) is 0 Å². The largest absolute Gasteiger partial charge is 0.334 e. The predicted molar refractivity (Wildman–Crippen MR) is 78.9 cm³/mol. The Balaban J connectivity index is 1.74. The van der Waals surface area contributed by atoms with Gasteiger partial charge >= 0.3 is 6.03 Å². The summed E-state index contributed by atoms with van der Waals surface area (Å²) in [4.78, 5) is 11.6. The normalized spacial score (nSPS) is 10.3. The Bertz CT molecular complexity index is 535. The molecule has 3 nitrogen and oxygen atoms in total. The van der Waals surface area contributed by atoms with Crippen molar-refractivity contribution in [2.45, 2.75) is 0 Å². The van der Waals surface area contributed by atoms with Gasteiger partial charge in [-0.05, 0) is 17.7 Å². The molecule has 0 atom stereocenters. The summed E-state index contributed by atoms with van der Waals surface area (Å²) < 4.78 is 0. The molecule has 3 heteroatoms. The molecule has 2 amide bonds. The number of urea groups is 1. The van der Waals surface area contributed by atoms with Crippen LogP contribution in [0.1, 0.15) is 5.56 Å². The standard InChI is InChI=1S/C16H16N2O/c19-16(18-15-11-5-2-6-12-15)17-13-7-10-14-8-3-1-4-9-14/h1-12H,13H2,(H2,17,18,19). The number of amides is 2. The molecule has 0 radical (unpaired) electrons. The van der Waals surface area contributed by atoms with Crippen LogP contribution < -0.4 is 10.6 Å². The number of carbonyl (C=O) groups excluding carboxylic acids is 1. The summed E-state index contributed by atoms with van der Waals surface area (Å²) in [6.45, 7) is 0.494. The first-order valence-electron chi connectivity index (χ1n) is 6.16. The summed E-state index contributed by atoms with van der Waals surface area (Å²) in [6.07, 6.45) is 3.89. The van der Waals surface area contributed by atoms with Gasteiger partial charge in [0.2, 0.25) is 0 Å². The van der Waals surface area contributed by atoms with E-state index < -0.39 is 0 Å². The molecule has 0 unspecified atom stereocenters. The van der Waals surface area contributed by atoms with Gasteiger partial charge in [0.25, 0.3) is 0 Å². The average molecular weight is 252 g/mol. The van der Waals surface area contributed by atoms with E-state index in [-0.39, 0.29) is 6.03 Å². The molecule has 0 saturated carbocycles. The van der Waals surface area contributed by atoms with E-state index in [1.54, 1.807) is 0 Å².